The van der Waals surface area contributed by atoms with Crippen LogP contribution in [0.1, 0.15) is 52.9 Å². The van der Waals surface area contributed by atoms with Gasteiger partial charge in [-0.2, -0.15) is 0 Å². The van der Waals surface area contributed by atoms with E-state index in [4.69, 9.17) is 9.47 Å². The van der Waals surface area contributed by atoms with E-state index in [1.54, 1.807) is 0 Å². The number of Topliss-reactive ketones (excluding diaryl/α,β-unsaturated/α-hetero) is 1. The highest BCUT2D eigenvalue weighted by Crippen LogP contribution is 2.47. The predicted octanol–water partition coefficient (Wildman–Crippen LogP) is 3.22. The summed E-state index contributed by atoms with van der Waals surface area (Å²) >= 11 is 0. The molecule has 144 valence electrons. The lowest BCUT2D eigenvalue weighted by Gasteiger charge is -2.24. The summed E-state index contributed by atoms with van der Waals surface area (Å²) in [6, 6.07) is 0. The van der Waals surface area contributed by atoms with Gasteiger partial charge in [-0.15, -0.1) is 0 Å². The van der Waals surface area contributed by atoms with E-state index < -0.39 is 17.7 Å². The monoisotopic (exact) mass is 364 g/mol. The van der Waals surface area contributed by atoms with Crippen molar-refractivity contribution < 1.29 is 29.2 Å². The molecule has 2 aliphatic heterocycles. The molecule has 0 radical (unpaired) electrons. The number of carbonyl (C=O) groups excluding carboxylic acids is 2. The first-order valence-corrected chi connectivity index (χ1v) is 9.31. The lowest BCUT2D eigenvalue weighted by molar-refractivity contribution is -0.304. The van der Waals surface area contributed by atoms with Crippen LogP contribution in [0.25, 0.3) is 0 Å². The van der Waals surface area contributed by atoms with Gasteiger partial charge in [-0.1, -0.05) is 25.7 Å². The number of hydrogen-bond acceptors (Lipinski definition) is 6. The molecule has 3 aliphatic rings. The van der Waals surface area contributed by atoms with E-state index in [0.29, 0.717) is 37.7 Å². The minimum Gasteiger partial charge on any atom is -0.450 e. The Labute approximate surface area is 154 Å². The van der Waals surface area contributed by atoms with Crippen molar-refractivity contribution in [3.8, 4) is 0 Å². The molecule has 3 rings (SSSR count). The molecular weight excluding hydrogens is 336 g/mol. The molecule has 2 fully saturated rings. The molecule has 0 aromatic heterocycles. The Hall–Kier alpha value is -1.50. The van der Waals surface area contributed by atoms with E-state index in [1.807, 2.05) is 32.9 Å². The van der Waals surface area contributed by atoms with Crippen molar-refractivity contribution in [2.45, 2.75) is 76.3 Å². The van der Waals surface area contributed by atoms with E-state index in [-0.39, 0.29) is 29.3 Å². The summed E-state index contributed by atoms with van der Waals surface area (Å²) in [7, 11) is 0. The van der Waals surface area contributed by atoms with E-state index in [9.17, 15) is 14.8 Å². The predicted molar refractivity (Wildman–Crippen MR) is 94.3 cm³/mol. The summed E-state index contributed by atoms with van der Waals surface area (Å²) in [6.45, 7) is 9.52. The van der Waals surface area contributed by atoms with E-state index in [1.165, 1.54) is 0 Å². The zero-order valence-electron chi connectivity index (χ0n) is 15.7. The minimum absolute atomic E-state index is 0.0572. The summed E-state index contributed by atoms with van der Waals surface area (Å²) in [5.74, 6) is -1.11. The normalized spacial score (nSPS) is 45.3. The van der Waals surface area contributed by atoms with Crippen molar-refractivity contribution >= 4 is 11.8 Å². The lowest BCUT2D eigenvalue weighted by atomic mass is 9.82. The fourth-order valence-electron chi connectivity index (χ4n) is 4.01. The summed E-state index contributed by atoms with van der Waals surface area (Å²) in [4.78, 5) is 29.5. The van der Waals surface area contributed by atoms with Crippen LogP contribution in [0.15, 0.2) is 24.3 Å². The first-order chi connectivity index (χ1) is 12.2. The third kappa shape index (κ3) is 3.63. The van der Waals surface area contributed by atoms with Crippen LogP contribution in [0.3, 0.4) is 0 Å². The third-order valence-electron chi connectivity index (χ3n) is 6.09. The molecule has 0 unspecified atom stereocenters. The van der Waals surface area contributed by atoms with E-state index in [0.717, 1.165) is 0 Å². The Morgan fingerprint density at radius 1 is 1.35 bits per heavy atom. The first-order valence-electron chi connectivity index (χ1n) is 9.31. The van der Waals surface area contributed by atoms with Crippen LogP contribution >= 0.6 is 0 Å². The molecule has 0 amide bonds. The average molecular weight is 364 g/mol. The lowest BCUT2D eigenvalue weighted by Crippen LogP contribution is -2.33. The number of ether oxygens (including phenoxy) is 2. The maximum atomic E-state index is 12.9. The topological polar surface area (TPSA) is 85.4 Å². The van der Waals surface area contributed by atoms with Crippen molar-refractivity contribution in [3.63, 3.8) is 0 Å². The Bertz CT molecular complexity index is 640. The number of ketones is 1. The Balaban J connectivity index is 1.84. The molecule has 0 saturated carbocycles. The molecule has 0 aromatic rings. The van der Waals surface area contributed by atoms with E-state index >= 15 is 0 Å². The average Bonchev–Trinajstić information content (AvgIpc) is 3.15. The second-order valence-corrected chi connectivity index (χ2v) is 8.32. The van der Waals surface area contributed by atoms with Crippen LogP contribution in [-0.4, -0.2) is 40.4 Å². The van der Waals surface area contributed by atoms with Gasteiger partial charge in [0.2, 0.25) is 0 Å². The Morgan fingerprint density at radius 3 is 2.77 bits per heavy atom. The van der Waals surface area contributed by atoms with Gasteiger partial charge in [0.15, 0.2) is 11.9 Å². The fraction of sp³-hybridized carbons (Fsp3) is 0.700. The maximum Gasteiger partial charge on any atom is 0.334 e. The number of epoxide rings is 1. The molecule has 0 spiro atoms. The number of hydrogen-bond donors (Lipinski definition) is 1. The Morgan fingerprint density at radius 2 is 2.08 bits per heavy atom. The van der Waals surface area contributed by atoms with Gasteiger partial charge in [0.05, 0.1) is 11.7 Å². The van der Waals surface area contributed by atoms with Gasteiger partial charge in [-0.3, -0.25) is 10.1 Å². The zero-order chi connectivity index (χ0) is 19.1. The van der Waals surface area contributed by atoms with Gasteiger partial charge in [0.1, 0.15) is 5.60 Å². The molecule has 1 N–H and O–H groups in total. The number of carbonyl (C=O) groups is 2. The van der Waals surface area contributed by atoms with E-state index in [2.05, 4.69) is 11.5 Å². The molecule has 6 atom stereocenters. The SMILES string of the molecule is C=C1C(=O)O[C@@H]2C(=O)[C@@H](C)CCC[C@](C)(OO)/C=C/C[C@]3(C)O[C@H]3C[C@H]12. The zero-order valence-corrected chi connectivity index (χ0v) is 15.7. The van der Waals surface area contributed by atoms with Crippen LogP contribution in [0.2, 0.25) is 0 Å². The third-order valence-corrected chi connectivity index (χ3v) is 6.09. The molecule has 26 heavy (non-hydrogen) atoms. The van der Waals surface area contributed by atoms with Crippen molar-refractivity contribution in [1.29, 1.82) is 0 Å². The fourth-order valence-corrected chi connectivity index (χ4v) is 4.01. The van der Waals surface area contributed by atoms with Crippen molar-refractivity contribution in [2.75, 3.05) is 0 Å². The molecule has 2 heterocycles. The number of esters is 1. The summed E-state index contributed by atoms with van der Waals surface area (Å²) < 4.78 is 11.2. The highest BCUT2D eigenvalue weighted by Gasteiger charge is 2.55. The first kappa shape index (κ1) is 19.3. The minimum atomic E-state index is -0.787. The van der Waals surface area contributed by atoms with Gasteiger partial charge < -0.3 is 9.47 Å². The van der Waals surface area contributed by atoms with Gasteiger partial charge in [0.25, 0.3) is 0 Å². The van der Waals surface area contributed by atoms with Gasteiger partial charge in [0, 0.05) is 17.4 Å². The summed E-state index contributed by atoms with van der Waals surface area (Å²) in [6.07, 6.45) is 6.15. The maximum absolute atomic E-state index is 12.9. The quantitative estimate of drug-likeness (QED) is 0.192. The van der Waals surface area contributed by atoms with Crippen molar-refractivity contribution in [2.24, 2.45) is 11.8 Å². The summed E-state index contributed by atoms with van der Waals surface area (Å²) in [5, 5.41) is 9.28. The Kier molecular flexibility index (Phi) is 5.12. The molecule has 1 aliphatic carbocycles. The molecular formula is C20H28O6. The van der Waals surface area contributed by atoms with Crippen LogP contribution in [0.5, 0.6) is 0 Å². The molecule has 6 nitrogen and oxygen atoms in total. The number of fused-ring (bicyclic) bond motifs is 2. The van der Waals surface area contributed by atoms with Gasteiger partial charge >= 0.3 is 5.97 Å². The van der Waals surface area contributed by atoms with Gasteiger partial charge in [-0.05, 0) is 46.0 Å². The highest BCUT2D eigenvalue weighted by atomic mass is 17.1. The van der Waals surface area contributed by atoms with Gasteiger partial charge in [-0.25, -0.2) is 9.68 Å². The molecule has 2 saturated heterocycles. The second-order valence-electron chi connectivity index (χ2n) is 8.32. The van der Waals surface area contributed by atoms with Crippen molar-refractivity contribution in [3.05, 3.63) is 24.3 Å². The van der Waals surface area contributed by atoms with Crippen LogP contribution in [0.4, 0.5) is 0 Å². The number of rotatable bonds is 1. The van der Waals surface area contributed by atoms with Crippen LogP contribution in [0, 0.1) is 11.8 Å². The molecule has 0 bridgehead atoms. The molecule has 6 heteroatoms. The van der Waals surface area contributed by atoms with Crippen LogP contribution in [-0.2, 0) is 24.0 Å². The second kappa shape index (κ2) is 6.91. The smallest absolute Gasteiger partial charge is 0.334 e. The van der Waals surface area contributed by atoms with Crippen LogP contribution < -0.4 is 0 Å². The largest absolute Gasteiger partial charge is 0.450 e. The summed E-state index contributed by atoms with van der Waals surface area (Å²) in [5.41, 5.74) is -0.760. The highest BCUT2D eigenvalue weighted by molar-refractivity contribution is 5.98. The molecule has 0 aromatic carbocycles. The van der Waals surface area contributed by atoms with Crippen molar-refractivity contribution in [1.82, 2.24) is 0 Å². The standard InChI is InChI=1S/C20H28O6/c1-12-7-5-8-19(3,26-23)9-6-10-20(4)15(25-20)11-14-13(2)18(22)24-17(14)16(12)21/h6,9,12,14-15,17,23H,2,5,7-8,10-11H2,1,3-4H3/b9-6+/t12-,14+,15-,17-,19-,20-/m0/s1.